The molecule has 0 radical (unpaired) electrons. The molecule has 0 saturated heterocycles. The van der Waals surface area contributed by atoms with Gasteiger partial charge in [-0.2, -0.15) is 0 Å². The Hall–Kier alpha value is -3.61. The van der Waals surface area contributed by atoms with Crippen LogP contribution < -0.4 is 14.2 Å². The molecule has 0 amide bonds. The number of nitrogens with zero attached hydrogens (tertiary/aromatic N) is 1. The number of methoxy groups -OCH3 is 2. The summed E-state index contributed by atoms with van der Waals surface area (Å²) >= 11 is 0. The van der Waals surface area contributed by atoms with Crippen molar-refractivity contribution in [1.82, 2.24) is 0 Å². The zero-order valence-electron chi connectivity index (χ0n) is 18.4. The molecule has 1 aliphatic rings. The van der Waals surface area contributed by atoms with E-state index in [2.05, 4.69) is 25.8 Å². The van der Waals surface area contributed by atoms with Crippen LogP contribution in [0.15, 0.2) is 47.1 Å². The first-order valence-corrected chi connectivity index (χ1v) is 9.70. The fourth-order valence-corrected chi connectivity index (χ4v) is 3.03. The van der Waals surface area contributed by atoms with Crippen molar-refractivity contribution in [2.45, 2.75) is 33.1 Å². The molecular formula is C24H25NO6. The van der Waals surface area contributed by atoms with Gasteiger partial charge in [-0.05, 0) is 46.9 Å². The normalized spacial score (nSPS) is 14.8. The Morgan fingerprint density at radius 1 is 1.03 bits per heavy atom. The van der Waals surface area contributed by atoms with Crippen molar-refractivity contribution >= 4 is 23.9 Å². The number of hydrogen-bond donors (Lipinski definition) is 0. The van der Waals surface area contributed by atoms with Crippen LogP contribution in [-0.4, -0.2) is 32.1 Å². The van der Waals surface area contributed by atoms with Crippen LogP contribution in [0.2, 0.25) is 0 Å². The maximum atomic E-state index is 12.4. The molecule has 0 N–H and O–H groups in total. The Bertz CT molecular complexity index is 1050. The van der Waals surface area contributed by atoms with E-state index in [1.54, 1.807) is 18.2 Å². The predicted octanol–water partition coefficient (Wildman–Crippen LogP) is 4.27. The van der Waals surface area contributed by atoms with E-state index >= 15 is 0 Å². The number of carbonyl (C=O) groups excluding carboxylic acids is 2. The van der Waals surface area contributed by atoms with Crippen molar-refractivity contribution in [3.05, 3.63) is 58.8 Å². The second-order valence-electron chi connectivity index (χ2n) is 8.01. The summed E-state index contributed by atoms with van der Waals surface area (Å²) < 4.78 is 21.2. The van der Waals surface area contributed by atoms with Crippen LogP contribution in [-0.2, 0) is 19.7 Å². The third-order valence-corrected chi connectivity index (χ3v) is 4.65. The minimum absolute atomic E-state index is 0.0220. The molecule has 0 saturated carbocycles. The van der Waals surface area contributed by atoms with Crippen molar-refractivity contribution in [2.75, 3.05) is 14.2 Å². The number of esters is 2. The molecule has 0 aliphatic carbocycles. The van der Waals surface area contributed by atoms with E-state index in [4.69, 9.17) is 18.9 Å². The van der Waals surface area contributed by atoms with E-state index < -0.39 is 11.9 Å². The van der Waals surface area contributed by atoms with Crippen LogP contribution in [0.5, 0.6) is 17.2 Å². The topological polar surface area (TPSA) is 83.4 Å². The minimum Gasteiger partial charge on any atom is -0.493 e. The summed E-state index contributed by atoms with van der Waals surface area (Å²) in [5.74, 6) is -0.0842. The van der Waals surface area contributed by atoms with Crippen LogP contribution in [0, 0.1) is 0 Å². The first kappa shape index (κ1) is 22.1. The number of ether oxygens (including phenoxy) is 4. The van der Waals surface area contributed by atoms with Gasteiger partial charge in [0.15, 0.2) is 17.2 Å². The van der Waals surface area contributed by atoms with Crippen molar-refractivity contribution in [2.24, 2.45) is 4.99 Å². The van der Waals surface area contributed by atoms with Gasteiger partial charge < -0.3 is 18.9 Å². The van der Waals surface area contributed by atoms with Crippen molar-refractivity contribution in [1.29, 1.82) is 0 Å². The van der Waals surface area contributed by atoms with Crippen LogP contribution >= 0.6 is 0 Å². The number of benzene rings is 2. The largest absolute Gasteiger partial charge is 0.493 e. The SMILES string of the molecule is COc1cc(C=C2N=C(c3ccc(C(C)(C)C)cc3)OC2=O)cc(OC)c1OC(C)=O. The molecule has 0 aromatic heterocycles. The summed E-state index contributed by atoms with van der Waals surface area (Å²) in [6.07, 6.45) is 1.56. The van der Waals surface area contributed by atoms with Crippen molar-refractivity contribution in [3.63, 3.8) is 0 Å². The van der Waals surface area contributed by atoms with Gasteiger partial charge in [0, 0.05) is 12.5 Å². The van der Waals surface area contributed by atoms with Gasteiger partial charge in [-0.15, -0.1) is 0 Å². The van der Waals surface area contributed by atoms with E-state index in [0.717, 1.165) is 0 Å². The highest BCUT2D eigenvalue weighted by atomic mass is 16.6. The maximum absolute atomic E-state index is 12.4. The molecule has 0 atom stereocenters. The summed E-state index contributed by atoms with van der Waals surface area (Å²) in [7, 11) is 2.89. The standard InChI is InChI=1S/C24H25NO6/c1-14(26)30-21-19(28-5)12-15(13-20(21)29-6)11-18-23(27)31-22(25-18)16-7-9-17(10-8-16)24(2,3)4/h7-13H,1-6H3. The van der Waals surface area contributed by atoms with Gasteiger partial charge in [-0.25, -0.2) is 9.79 Å². The molecule has 162 valence electrons. The van der Waals surface area contributed by atoms with E-state index in [1.165, 1.54) is 26.7 Å². The Balaban J connectivity index is 1.95. The molecule has 2 aromatic carbocycles. The first-order valence-electron chi connectivity index (χ1n) is 9.70. The van der Waals surface area contributed by atoms with Gasteiger partial charge in [-0.3, -0.25) is 4.79 Å². The lowest BCUT2D eigenvalue weighted by atomic mass is 9.87. The molecule has 1 aliphatic heterocycles. The third kappa shape index (κ3) is 4.94. The van der Waals surface area contributed by atoms with Gasteiger partial charge in [0.25, 0.3) is 0 Å². The quantitative estimate of drug-likeness (QED) is 0.406. The fraction of sp³-hybridized carbons (Fsp3) is 0.292. The Kier molecular flexibility index (Phi) is 6.15. The number of rotatable bonds is 5. The lowest BCUT2D eigenvalue weighted by Crippen LogP contribution is -2.11. The molecule has 1 heterocycles. The maximum Gasteiger partial charge on any atom is 0.363 e. The second-order valence-corrected chi connectivity index (χ2v) is 8.01. The number of aliphatic imine (C=N–C) groups is 1. The fourth-order valence-electron chi connectivity index (χ4n) is 3.03. The monoisotopic (exact) mass is 423 g/mol. The molecule has 7 nitrogen and oxygen atoms in total. The molecule has 0 bridgehead atoms. The number of hydrogen-bond acceptors (Lipinski definition) is 7. The van der Waals surface area contributed by atoms with Gasteiger partial charge in [0.05, 0.1) is 14.2 Å². The first-order chi connectivity index (χ1) is 14.6. The van der Waals surface area contributed by atoms with Crippen molar-refractivity contribution in [3.8, 4) is 17.2 Å². The molecule has 7 heteroatoms. The van der Waals surface area contributed by atoms with E-state index in [-0.39, 0.29) is 34.3 Å². The Morgan fingerprint density at radius 3 is 2.10 bits per heavy atom. The van der Waals surface area contributed by atoms with Gasteiger partial charge in [0.1, 0.15) is 0 Å². The van der Waals surface area contributed by atoms with E-state index in [9.17, 15) is 9.59 Å². The molecule has 31 heavy (non-hydrogen) atoms. The smallest absolute Gasteiger partial charge is 0.363 e. The summed E-state index contributed by atoms with van der Waals surface area (Å²) in [6, 6.07) is 11.0. The van der Waals surface area contributed by atoms with Crippen LogP contribution in [0.1, 0.15) is 44.4 Å². The molecule has 0 spiro atoms. The van der Waals surface area contributed by atoms with Gasteiger partial charge in [0.2, 0.25) is 11.6 Å². The summed E-state index contributed by atoms with van der Waals surface area (Å²) in [6.45, 7) is 7.68. The van der Waals surface area contributed by atoms with Crippen LogP contribution in [0.3, 0.4) is 0 Å². The highest BCUT2D eigenvalue weighted by Gasteiger charge is 2.25. The van der Waals surface area contributed by atoms with Crippen LogP contribution in [0.4, 0.5) is 0 Å². The molecule has 0 fully saturated rings. The zero-order chi connectivity index (χ0) is 22.8. The Labute approximate surface area is 181 Å². The summed E-state index contributed by atoms with van der Waals surface area (Å²) in [4.78, 5) is 28.1. The van der Waals surface area contributed by atoms with E-state index in [1.807, 2.05) is 24.3 Å². The molecule has 3 rings (SSSR count). The average Bonchev–Trinajstić information content (AvgIpc) is 3.08. The molecular weight excluding hydrogens is 398 g/mol. The summed E-state index contributed by atoms with van der Waals surface area (Å²) in [5, 5.41) is 0. The Morgan fingerprint density at radius 2 is 1.61 bits per heavy atom. The van der Waals surface area contributed by atoms with Gasteiger partial charge >= 0.3 is 11.9 Å². The highest BCUT2D eigenvalue weighted by Crippen LogP contribution is 2.39. The zero-order valence-corrected chi connectivity index (χ0v) is 18.4. The predicted molar refractivity (Wildman–Crippen MR) is 117 cm³/mol. The average molecular weight is 423 g/mol. The minimum atomic E-state index is -0.558. The second kappa shape index (κ2) is 8.63. The van der Waals surface area contributed by atoms with Crippen LogP contribution in [0.25, 0.3) is 6.08 Å². The van der Waals surface area contributed by atoms with Crippen molar-refractivity contribution < 1.29 is 28.5 Å². The molecule has 0 unspecified atom stereocenters. The highest BCUT2D eigenvalue weighted by molar-refractivity contribution is 6.12. The summed E-state index contributed by atoms with van der Waals surface area (Å²) in [5.41, 5.74) is 2.62. The lowest BCUT2D eigenvalue weighted by molar-refractivity contribution is -0.132. The third-order valence-electron chi connectivity index (χ3n) is 4.65. The lowest BCUT2D eigenvalue weighted by Gasteiger charge is -2.18. The van der Waals surface area contributed by atoms with Gasteiger partial charge in [-0.1, -0.05) is 32.9 Å². The molecule has 2 aromatic rings. The van der Waals surface area contributed by atoms with E-state index in [0.29, 0.717) is 11.1 Å². The number of carbonyl (C=O) groups is 2. The number of cyclic esters (lactones) is 1.